The third-order valence-corrected chi connectivity index (χ3v) is 4.79. The Kier molecular flexibility index (Phi) is 5.17. The molecule has 1 aliphatic heterocycles. The Hall–Kier alpha value is -2.62. The monoisotopic (exact) mass is 336 g/mol. The average molecular weight is 336 g/mol. The summed E-state index contributed by atoms with van der Waals surface area (Å²) in [6, 6.07) is 17.7. The highest BCUT2D eigenvalue weighted by Gasteiger charge is 2.31. The van der Waals surface area contributed by atoms with Gasteiger partial charge in [0.1, 0.15) is 6.54 Å². The third-order valence-electron chi connectivity index (χ3n) is 4.79. The molecule has 3 rings (SSSR count). The molecule has 0 N–H and O–H groups in total. The predicted molar refractivity (Wildman–Crippen MR) is 99.6 cm³/mol. The lowest BCUT2D eigenvalue weighted by molar-refractivity contribution is -0.138. The van der Waals surface area contributed by atoms with Crippen molar-refractivity contribution in [3.8, 4) is 0 Å². The molecule has 0 aliphatic carbocycles. The van der Waals surface area contributed by atoms with Gasteiger partial charge < -0.3 is 9.80 Å². The molecule has 0 saturated carbocycles. The summed E-state index contributed by atoms with van der Waals surface area (Å²) in [6.07, 6.45) is 0.731. The van der Waals surface area contributed by atoms with Crippen LogP contribution in [0.15, 0.2) is 54.6 Å². The number of benzene rings is 2. The molecule has 130 valence electrons. The molecule has 1 saturated heterocycles. The zero-order valence-corrected chi connectivity index (χ0v) is 14.8. The fourth-order valence-electron chi connectivity index (χ4n) is 3.32. The van der Waals surface area contributed by atoms with Crippen LogP contribution >= 0.6 is 0 Å². The van der Waals surface area contributed by atoms with Gasteiger partial charge >= 0.3 is 0 Å². The zero-order valence-electron chi connectivity index (χ0n) is 14.8. The number of nitrogens with zero attached hydrogens (tertiary/aromatic N) is 2. The first-order valence-corrected chi connectivity index (χ1v) is 8.81. The predicted octanol–water partition coefficient (Wildman–Crippen LogP) is 3.36. The van der Waals surface area contributed by atoms with E-state index >= 15 is 0 Å². The highest BCUT2D eigenvalue weighted by molar-refractivity contribution is 5.98. The molecular weight excluding hydrogens is 312 g/mol. The topological polar surface area (TPSA) is 40.6 Å². The molecule has 0 radical (unpaired) electrons. The molecule has 2 aromatic rings. The van der Waals surface area contributed by atoms with Crippen molar-refractivity contribution in [1.29, 1.82) is 0 Å². The molecule has 25 heavy (non-hydrogen) atoms. The second-order valence-electron chi connectivity index (χ2n) is 6.51. The van der Waals surface area contributed by atoms with E-state index in [-0.39, 0.29) is 24.3 Å². The molecule has 2 aromatic carbocycles. The summed E-state index contributed by atoms with van der Waals surface area (Å²) in [4.78, 5) is 29.0. The molecular formula is C21H24N2O2. The van der Waals surface area contributed by atoms with Gasteiger partial charge in [-0.05, 0) is 31.0 Å². The quantitative estimate of drug-likeness (QED) is 0.859. The van der Waals surface area contributed by atoms with E-state index in [0.717, 1.165) is 17.7 Å². The number of hydrogen-bond donors (Lipinski definition) is 0. The summed E-state index contributed by atoms with van der Waals surface area (Å²) in [5.41, 5.74) is 3.08. The molecule has 1 aliphatic rings. The van der Waals surface area contributed by atoms with Crippen molar-refractivity contribution in [1.82, 2.24) is 4.90 Å². The molecule has 1 fully saturated rings. The van der Waals surface area contributed by atoms with Gasteiger partial charge in [0.2, 0.25) is 11.8 Å². The fraction of sp³-hybridized carbons (Fsp3) is 0.333. The van der Waals surface area contributed by atoms with Crippen LogP contribution in [0.25, 0.3) is 0 Å². The first-order valence-electron chi connectivity index (χ1n) is 8.81. The highest BCUT2D eigenvalue weighted by Crippen LogP contribution is 2.24. The summed E-state index contributed by atoms with van der Waals surface area (Å²) in [5, 5.41) is 0. The Morgan fingerprint density at radius 3 is 2.32 bits per heavy atom. The zero-order chi connectivity index (χ0) is 17.8. The van der Waals surface area contributed by atoms with Gasteiger partial charge in [0.05, 0.1) is 5.92 Å². The normalized spacial score (nSPS) is 16.0. The molecule has 1 atom stereocenters. The molecule has 0 spiro atoms. The van der Waals surface area contributed by atoms with Crippen molar-refractivity contribution in [2.24, 2.45) is 0 Å². The molecule has 0 bridgehead atoms. The van der Waals surface area contributed by atoms with Gasteiger partial charge in [-0.3, -0.25) is 9.59 Å². The van der Waals surface area contributed by atoms with E-state index in [4.69, 9.17) is 0 Å². The average Bonchev–Trinajstić information content (AvgIpc) is 2.64. The van der Waals surface area contributed by atoms with Gasteiger partial charge in [0.15, 0.2) is 0 Å². The van der Waals surface area contributed by atoms with Gasteiger partial charge in [0.25, 0.3) is 0 Å². The number of aryl methyl sites for hydroxylation is 1. The van der Waals surface area contributed by atoms with E-state index in [0.29, 0.717) is 13.1 Å². The van der Waals surface area contributed by atoms with Crippen molar-refractivity contribution in [3.05, 3.63) is 65.7 Å². The van der Waals surface area contributed by atoms with Gasteiger partial charge in [-0.2, -0.15) is 0 Å². The maximum absolute atomic E-state index is 12.9. The van der Waals surface area contributed by atoms with E-state index in [2.05, 4.69) is 0 Å². The number of amides is 2. The summed E-state index contributed by atoms with van der Waals surface area (Å²) in [7, 11) is 0. The Balaban J connectivity index is 1.70. The summed E-state index contributed by atoms with van der Waals surface area (Å²) in [6.45, 7) is 5.30. The van der Waals surface area contributed by atoms with E-state index in [1.165, 1.54) is 5.56 Å². The van der Waals surface area contributed by atoms with E-state index in [1.807, 2.05) is 68.4 Å². The van der Waals surface area contributed by atoms with E-state index in [9.17, 15) is 9.59 Å². The Labute approximate surface area is 149 Å². The van der Waals surface area contributed by atoms with Crippen molar-refractivity contribution in [3.63, 3.8) is 0 Å². The fourth-order valence-corrected chi connectivity index (χ4v) is 3.32. The van der Waals surface area contributed by atoms with Gasteiger partial charge in [-0.15, -0.1) is 0 Å². The largest absolute Gasteiger partial charge is 0.331 e. The number of hydrogen-bond acceptors (Lipinski definition) is 2. The lowest BCUT2D eigenvalue weighted by atomic mass is 9.94. The van der Waals surface area contributed by atoms with Crippen LogP contribution in [0.5, 0.6) is 0 Å². The molecule has 2 amide bonds. The first-order chi connectivity index (χ1) is 12.1. The van der Waals surface area contributed by atoms with Gasteiger partial charge in [-0.1, -0.05) is 55.0 Å². The maximum atomic E-state index is 12.9. The van der Waals surface area contributed by atoms with Crippen molar-refractivity contribution in [2.75, 3.05) is 24.5 Å². The number of piperazine rings is 1. The molecule has 4 heteroatoms. The number of rotatable bonds is 4. The lowest BCUT2D eigenvalue weighted by Gasteiger charge is -2.36. The van der Waals surface area contributed by atoms with Crippen LogP contribution in [-0.2, 0) is 9.59 Å². The number of carbonyl (C=O) groups excluding carboxylic acids is 2. The van der Waals surface area contributed by atoms with E-state index < -0.39 is 0 Å². The standard InChI is InChI=1S/C21H24N2O2/c1-3-19(17-7-5-4-6-8-17)21(25)22-13-14-23(20(24)15-22)18-11-9-16(2)10-12-18/h4-12,19H,3,13-15H2,1-2H3. The minimum Gasteiger partial charge on any atom is -0.331 e. The Morgan fingerprint density at radius 2 is 1.72 bits per heavy atom. The lowest BCUT2D eigenvalue weighted by Crippen LogP contribution is -2.53. The molecule has 1 unspecified atom stereocenters. The van der Waals surface area contributed by atoms with Crippen LogP contribution in [0.4, 0.5) is 5.69 Å². The summed E-state index contributed by atoms with van der Waals surface area (Å²) < 4.78 is 0. The Bertz CT molecular complexity index is 740. The second-order valence-corrected chi connectivity index (χ2v) is 6.51. The van der Waals surface area contributed by atoms with Crippen LogP contribution in [0, 0.1) is 6.92 Å². The number of carbonyl (C=O) groups is 2. The minimum absolute atomic E-state index is 0.0219. The number of anilines is 1. The third kappa shape index (κ3) is 3.73. The second kappa shape index (κ2) is 7.51. The van der Waals surface area contributed by atoms with Gasteiger partial charge in [-0.25, -0.2) is 0 Å². The molecule has 0 aromatic heterocycles. The molecule has 1 heterocycles. The van der Waals surface area contributed by atoms with Crippen molar-refractivity contribution in [2.45, 2.75) is 26.2 Å². The van der Waals surface area contributed by atoms with Crippen LogP contribution in [0.2, 0.25) is 0 Å². The Morgan fingerprint density at radius 1 is 1.04 bits per heavy atom. The van der Waals surface area contributed by atoms with Crippen molar-refractivity contribution < 1.29 is 9.59 Å². The van der Waals surface area contributed by atoms with Crippen LogP contribution < -0.4 is 4.90 Å². The maximum Gasteiger partial charge on any atom is 0.246 e. The summed E-state index contributed by atoms with van der Waals surface area (Å²) >= 11 is 0. The van der Waals surface area contributed by atoms with Gasteiger partial charge in [0, 0.05) is 18.8 Å². The van der Waals surface area contributed by atoms with Crippen molar-refractivity contribution >= 4 is 17.5 Å². The van der Waals surface area contributed by atoms with Crippen LogP contribution in [0.1, 0.15) is 30.4 Å². The van der Waals surface area contributed by atoms with Crippen LogP contribution in [-0.4, -0.2) is 36.3 Å². The first kappa shape index (κ1) is 17.2. The van der Waals surface area contributed by atoms with E-state index in [1.54, 1.807) is 9.80 Å². The summed E-state index contributed by atoms with van der Waals surface area (Å²) in [5.74, 6) is -0.156. The SMILES string of the molecule is CCC(C(=O)N1CCN(c2ccc(C)cc2)C(=O)C1)c1ccccc1. The molecule has 4 nitrogen and oxygen atoms in total. The highest BCUT2D eigenvalue weighted by atomic mass is 16.2. The van der Waals surface area contributed by atoms with Crippen LogP contribution in [0.3, 0.4) is 0 Å². The minimum atomic E-state index is -0.181. The smallest absolute Gasteiger partial charge is 0.246 e.